The van der Waals surface area contributed by atoms with Crippen molar-refractivity contribution in [2.75, 3.05) is 0 Å². The van der Waals surface area contributed by atoms with Crippen molar-refractivity contribution in [3.05, 3.63) is 35.4 Å². The van der Waals surface area contributed by atoms with Gasteiger partial charge in [-0.25, -0.2) is 0 Å². The Hall–Kier alpha value is -0.820. The second-order valence-electron chi connectivity index (χ2n) is 5.49. The molecule has 0 aliphatic rings. The molecule has 0 aliphatic carbocycles. The molecule has 0 heterocycles. The molecule has 0 aromatic heterocycles. The van der Waals surface area contributed by atoms with Gasteiger partial charge in [-0.3, -0.25) is 0 Å². The maximum absolute atomic E-state index is 6.17. The first-order valence-corrected chi connectivity index (χ1v) is 7.53. The Bertz CT molecular complexity index is 319. The Morgan fingerprint density at radius 3 is 2.56 bits per heavy atom. The van der Waals surface area contributed by atoms with Crippen molar-refractivity contribution in [2.24, 2.45) is 5.73 Å². The molecule has 0 spiro atoms. The minimum atomic E-state index is 0.382. The fraction of sp³-hybridized carbons (Fsp3) is 0.647. The molecule has 0 bridgehead atoms. The van der Waals surface area contributed by atoms with Gasteiger partial charge in [0.1, 0.15) is 0 Å². The molecule has 1 atom stereocenters. The normalized spacial score (nSPS) is 12.6. The van der Waals surface area contributed by atoms with E-state index >= 15 is 0 Å². The van der Waals surface area contributed by atoms with Gasteiger partial charge in [0.25, 0.3) is 0 Å². The van der Waals surface area contributed by atoms with Gasteiger partial charge in [0.15, 0.2) is 0 Å². The third-order valence-electron chi connectivity index (χ3n) is 3.56. The van der Waals surface area contributed by atoms with Crippen LogP contribution in [-0.4, -0.2) is 6.04 Å². The van der Waals surface area contributed by atoms with Gasteiger partial charge in [-0.2, -0.15) is 0 Å². The summed E-state index contributed by atoms with van der Waals surface area (Å²) in [7, 11) is 0. The van der Waals surface area contributed by atoms with Crippen molar-refractivity contribution >= 4 is 0 Å². The van der Waals surface area contributed by atoms with Crippen molar-refractivity contribution in [1.82, 2.24) is 0 Å². The molecule has 102 valence electrons. The third-order valence-corrected chi connectivity index (χ3v) is 3.56. The van der Waals surface area contributed by atoms with Crippen molar-refractivity contribution in [3.63, 3.8) is 0 Å². The molecule has 18 heavy (non-hydrogen) atoms. The smallest absolute Gasteiger partial charge is 0.00419 e. The van der Waals surface area contributed by atoms with E-state index in [1.54, 1.807) is 0 Å². The van der Waals surface area contributed by atoms with Crippen LogP contribution in [0.5, 0.6) is 0 Å². The van der Waals surface area contributed by atoms with Crippen molar-refractivity contribution in [3.8, 4) is 0 Å². The highest BCUT2D eigenvalue weighted by Crippen LogP contribution is 2.11. The molecule has 0 aliphatic heterocycles. The number of hydrogen-bond donors (Lipinski definition) is 1. The monoisotopic (exact) mass is 247 g/mol. The zero-order chi connectivity index (χ0) is 13.2. The van der Waals surface area contributed by atoms with Gasteiger partial charge in [0.05, 0.1) is 0 Å². The maximum Gasteiger partial charge on any atom is 0.00419 e. The summed E-state index contributed by atoms with van der Waals surface area (Å²) >= 11 is 0. The summed E-state index contributed by atoms with van der Waals surface area (Å²) in [6.07, 6.45) is 10.2. The summed E-state index contributed by atoms with van der Waals surface area (Å²) in [6.45, 7) is 4.41. The largest absolute Gasteiger partial charge is 0.328 e. The molecule has 1 aromatic carbocycles. The topological polar surface area (TPSA) is 26.0 Å². The second kappa shape index (κ2) is 9.16. The first-order chi connectivity index (χ1) is 8.72. The van der Waals surface area contributed by atoms with Gasteiger partial charge in [0.2, 0.25) is 0 Å². The zero-order valence-corrected chi connectivity index (χ0v) is 12.1. The minimum Gasteiger partial charge on any atom is -0.328 e. The predicted octanol–water partition coefficient (Wildman–Crippen LogP) is 4.62. The fourth-order valence-electron chi connectivity index (χ4n) is 2.37. The number of nitrogens with two attached hydrogens (primary N) is 1. The number of aryl methyl sites for hydroxylation is 2. The van der Waals surface area contributed by atoms with Crippen molar-refractivity contribution in [2.45, 2.75) is 71.3 Å². The first-order valence-electron chi connectivity index (χ1n) is 7.53. The Kier molecular flexibility index (Phi) is 7.75. The fourth-order valence-corrected chi connectivity index (χ4v) is 2.37. The molecule has 1 heteroatoms. The summed E-state index contributed by atoms with van der Waals surface area (Å²) in [5.41, 5.74) is 8.95. The summed E-state index contributed by atoms with van der Waals surface area (Å²) in [5, 5.41) is 0. The number of hydrogen-bond acceptors (Lipinski definition) is 1. The van der Waals surface area contributed by atoms with E-state index < -0.39 is 0 Å². The molecule has 1 rings (SSSR count). The number of rotatable bonds is 9. The molecule has 2 N–H and O–H groups in total. The van der Waals surface area contributed by atoms with E-state index in [9.17, 15) is 0 Å². The van der Waals surface area contributed by atoms with Crippen LogP contribution in [0.3, 0.4) is 0 Å². The summed E-state index contributed by atoms with van der Waals surface area (Å²) < 4.78 is 0. The maximum atomic E-state index is 6.17. The Morgan fingerprint density at radius 1 is 1.06 bits per heavy atom. The SMILES string of the molecule is CCCCCCCC(N)CCc1cccc(C)c1. The first kappa shape index (κ1) is 15.2. The standard InChI is InChI=1S/C17H29N/c1-3-4-5-6-7-11-17(18)13-12-16-10-8-9-15(2)14-16/h8-10,14,17H,3-7,11-13,18H2,1-2H3. The van der Waals surface area contributed by atoms with Crippen LogP contribution in [0.25, 0.3) is 0 Å². The molecule has 0 amide bonds. The van der Waals surface area contributed by atoms with Crippen LogP contribution in [0, 0.1) is 6.92 Å². The highest BCUT2D eigenvalue weighted by molar-refractivity contribution is 5.22. The van der Waals surface area contributed by atoms with Gasteiger partial charge in [-0.15, -0.1) is 0 Å². The van der Waals surface area contributed by atoms with Crippen LogP contribution in [0.1, 0.15) is 63.0 Å². The molecule has 1 unspecified atom stereocenters. The van der Waals surface area contributed by atoms with Gasteiger partial charge in [0, 0.05) is 6.04 Å². The van der Waals surface area contributed by atoms with Gasteiger partial charge < -0.3 is 5.73 Å². The Morgan fingerprint density at radius 2 is 1.83 bits per heavy atom. The van der Waals surface area contributed by atoms with E-state index in [1.165, 1.54) is 49.7 Å². The summed E-state index contributed by atoms with van der Waals surface area (Å²) in [6, 6.07) is 9.15. The van der Waals surface area contributed by atoms with Gasteiger partial charge in [-0.1, -0.05) is 68.9 Å². The molecule has 1 aromatic rings. The van der Waals surface area contributed by atoms with Gasteiger partial charge in [-0.05, 0) is 31.7 Å². The van der Waals surface area contributed by atoms with Crippen LogP contribution in [0.15, 0.2) is 24.3 Å². The Balaban J connectivity index is 2.11. The molecular formula is C17H29N. The summed E-state index contributed by atoms with van der Waals surface area (Å²) in [4.78, 5) is 0. The molecule has 0 radical (unpaired) electrons. The molecule has 0 fully saturated rings. The van der Waals surface area contributed by atoms with E-state index in [-0.39, 0.29) is 0 Å². The lowest BCUT2D eigenvalue weighted by molar-refractivity contribution is 0.516. The lowest BCUT2D eigenvalue weighted by Crippen LogP contribution is -2.20. The second-order valence-corrected chi connectivity index (χ2v) is 5.49. The van der Waals surface area contributed by atoms with Gasteiger partial charge >= 0.3 is 0 Å². The van der Waals surface area contributed by atoms with Crippen LogP contribution >= 0.6 is 0 Å². The quantitative estimate of drug-likeness (QED) is 0.633. The highest BCUT2D eigenvalue weighted by Gasteiger charge is 2.03. The predicted molar refractivity (Wildman–Crippen MR) is 80.9 cm³/mol. The molecule has 0 saturated heterocycles. The highest BCUT2D eigenvalue weighted by atomic mass is 14.6. The molecular weight excluding hydrogens is 218 g/mol. The lowest BCUT2D eigenvalue weighted by Gasteiger charge is -2.11. The lowest BCUT2D eigenvalue weighted by atomic mass is 10.00. The van der Waals surface area contributed by atoms with Crippen LogP contribution in [-0.2, 0) is 6.42 Å². The molecule has 1 nitrogen and oxygen atoms in total. The number of unbranched alkanes of at least 4 members (excludes halogenated alkanes) is 4. The average Bonchev–Trinajstić information content (AvgIpc) is 2.36. The van der Waals surface area contributed by atoms with Crippen LogP contribution in [0.4, 0.5) is 0 Å². The van der Waals surface area contributed by atoms with Crippen molar-refractivity contribution in [1.29, 1.82) is 0 Å². The van der Waals surface area contributed by atoms with Crippen LogP contribution in [0.2, 0.25) is 0 Å². The van der Waals surface area contributed by atoms with Crippen LogP contribution < -0.4 is 5.73 Å². The van der Waals surface area contributed by atoms with Crippen molar-refractivity contribution < 1.29 is 0 Å². The third kappa shape index (κ3) is 6.80. The van der Waals surface area contributed by atoms with E-state index in [0.29, 0.717) is 6.04 Å². The summed E-state index contributed by atoms with van der Waals surface area (Å²) in [5.74, 6) is 0. The van der Waals surface area contributed by atoms with E-state index in [4.69, 9.17) is 5.73 Å². The van der Waals surface area contributed by atoms with E-state index in [0.717, 1.165) is 12.8 Å². The van der Waals surface area contributed by atoms with E-state index in [1.807, 2.05) is 0 Å². The van der Waals surface area contributed by atoms with E-state index in [2.05, 4.69) is 38.1 Å². The minimum absolute atomic E-state index is 0.382. The average molecular weight is 247 g/mol. The Labute approximate surface area is 113 Å². The zero-order valence-electron chi connectivity index (χ0n) is 12.1. The number of benzene rings is 1. The molecule has 0 saturated carbocycles.